The first-order chi connectivity index (χ1) is 13.6. The van der Waals surface area contributed by atoms with E-state index in [2.05, 4.69) is 14.8 Å². The van der Waals surface area contributed by atoms with Crippen molar-refractivity contribution < 1.29 is 14.3 Å². The van der Waals surface area contributed by atoms with E-state index < -0.39 is 11.9 Å². The van der Waals surface area contributed by atoms with Crippen molar-refractivity contribution in [2.24, 2.45) is 0 Å². The van der Waals surface area contributed by atoms with E-state index in [1.165, 1.54) is 5.69 Å². The summed E-state index contributed by atoms with van der Waals surface area (Å²) in [5, 5.41) is 11.1. The fraction of sp³-hybridized carbons (Fsp3) is 0.350. The summed E-state index contributed by atoms with van der Waals surface area (Å²) < 4.78 is 10.7. The van der Waals surface area contributed by atoms with Crippen LogP contribution >= 0.6 is 25.1 Å². The zero-order valence-corrected chi connectivity index (χ0v) is 17.6. The molecule has 2 N–H and O–H groups in total. The lowest BCUT2D eigenvalue weighted by Crippen LogP contribution is -2.49. The Morgan fingerprint density at radius 3 is 2.59 bits per heavy atom. The van der Waals surface area contributed by atoms with Crippen LogP contribution in [0.4, 0.5) is 5.69 Å². The lowest BCUT2D eigenvalue weighted by molar-refractivity contribution is 0.0663. The average molecular weight is 438 g/mol. The van der Waals surface area contributed by atoms with Gasteiger partial charge in [0.05, 0.1) is 5.52 Å². The van der Waals surface area contributed by atoms with Gasteiger partial charge in [-0.1, -0.05) is 11.6 Å². The number of piperazine rings is 1. The third kappa shape index (κ3) is 5.48. The van der Waals surface area contributed by atoms with E-state index in [-0.39, 0.29) is 20.1 Å². The van der Waals surface area contributed by atoms with Crippen LogP contribution in [-0.2, 0) is 0 Å². The SMILES string of the molecule is O=c1[nH]c2ccc(OC[C@@H](O)CN3CCN(c4ccc(Cl)cc4)CC3)cc2o1.S. The number of anilines is 1. The number of β-amino-alcohol motifs (C(OH)–C–C–N with tert-alkyl or cyclic N) is 1. The highest BCUT2D eigenvalue weighted by Gasteiger charge is 2.20. The maximum absolute atomic E-state index is 11.2. The van der Waals surface area contributed by atoms with Crippen LogP contribution in [0.5, 0.6) is 5.75 Å². The van der Waals surface area contributed by atoms with Gasteiger partial charge in [-0.2, -0.15) is 13.5 Å². The number of hydrogen-bond donors (Lipinski definition) is 2. The third-order valence-electron chi connectivity index (χ3n) is 4.87. The first kappa shape index (κ1) is 21.6. The Labute approximate surface area is 180 Å². The van der Waals surface area contributed by atoms with E-state index in [4.69, 9.17) is 20.8 Å². The molecule has 0 bridgehead atoms. The Bertz CT molecular complexity index is 983. The number of H-pyrrole nitrogens is 1. The van der Waals surface area contributed by atoms with Crippen LogP contribution < -0.4 is 15.4 Å². The molecule has 1 aliphatic rings. The molecule has 1 aromatic heterocycles. The van der Waals surface area contributed by atoms with Gasteiger partial charge >= 0.3 is 5.76 Å². The van der Waals surface area contributed by atoms with Crippen molar-refractivity contribution in [2.45, 2.75) is 6.10 Å². The molecule has 1 aliphatic heterocycles. The molecule has 9 heteroatoms. The molecule has 0 unspecified atom stereocenters. The van der Waals surface area contributed by atoms with Crippen molar-refractivity contribution >= 4 is 41.9 Å². The highest BCUT2D eigenvalue weighted by atomic mass is 35.5. The number of rotatable bonds is 6. The van der Waals surface area contributed by atoms with Gasteiger partial charge in [-0.25, -0.2) is 4.79 Å². The first-order valence-electron chi connectivity index (χ1n) is 9.23. The van der Waals surface area contributed by atoms with Crippen LogP contribution in [0.15, 0.2) is 51.7 Å². The van der Waals surface area contributed by atoms with Crippen LogP contribution in [0.25, 0.3) is 11.1 Å². The smallest absolute Gasteiger partial charge is 0.417 e. The highest BCUT2D eigenvalue weighted by Crippen LogP contribution is 2.20. The predicted octanol–water partition coefficient (Wildman–Crippen LogP) is 2.45. The van der Waals surface area contributed by atoms with Crippen molar-refractivity contribution in [1.82, 2.24) is 9.88 Å². The van der Waals surface area contributed by atoms with Crippen molar-refractivity contribution in [1.29, 1.82) is 0 Å². The zero-order chi connectivity index (χ0) is 19.5. The molecular weight excluding hydrogens is 414 g/mol. The van der Waals surface area contributed by atoms with E-state index in [1.807, 2.05) is 24.3 Å². The normalized spacial score (nSPS) is 15.9. The zero-order valence-electron chi connectivity index (χ0n) is 15.8. The molecule has 0 aliphatic carbocycles. The number of nitrogens with zero attached hydrogens (tertiary/aromatic N) is 2. The minimum atomic E-state index is -0.601. The number of nitrogens with one attached hydrogen (secondary N) is 1. The van der Waals surface area contributed by atoms with Gasteiger partial charge in [0.15, 0.2) is 5.58 Å². The van der Waals surface area contributed by atoms with Gasteiger partial charge in [0.25, 0.3) is 0 Å². The number of hydrogen-bond acceptors (Lipinski definition) is 6. The number of aromatic nitrogens is 1. The van der Waals surface area contributed by atoms with E-state index in [1.54, 1.807) is 18.2 Å². The van der Waals surface area contributed by atoms with Crippen LogP contribution in [0, 0.1) is 0 Å². The lowest BCUT2D eigenvalue weighted by atomic mass is 10.2. The quantitative estimate of drug-likeness (QED) is 0.616. The molecular formula is C20H24ClN3O4S. The van der Waals surface area contributed by atoms with Gasteiger partial charge in [0.1, 0.15) is 18.5 Å². The van der Waals surface area contributed by atoms with E-state index in [0.29, 0.717) is 23.4 Å². The Balaban J connectivity index is 0.00000240. The molecule has 1 atom stereocenters. The second kappa shape index (κ2) is 9.58. The molecule has 156 valence electrons. The monoisotopic (exact) mass is 437 g/mol. The third-order valence-corrected chi connectivity index (χ3v) is 5.12. The van der Waals surface area contributed by atoms with Crippen LogP contribution in [0.2, 0.25) is 5.02 Å². The topological polar surface area (TPSA) is 81.9 Å². The van der Waals surface area contributed by atoms with Gasteiger partial charge < -0.3 is 19.2 Å². The Kier molecular flexibility index (Phi) is 7.13. The minimum absolute atomic E-state index is 0. The largest absolute Gasteiger partial charge is 0.491 e. The Morgan fingerprint density at radius 1 is 1.14 bits per heavy atom. The van der Waals surface area contributed by atoms with Crippen molar-refractivity contribution in [3.05, 3.63) is 58.0 Å². The second-order valence-corrected chi connectivity index (χ2v) is 7.34. The number of ether oxygens (including phenoxy) is 1. The summed E-state index contributed by atoms with van der Waals surface area (Å²) in [5.74, 6) is 0.0618. The highest BCUT2D eigenvalue weighted by molar-refractivity contribution is 7.59. The van der Waals surface area contributed by atoms with E-state index in [9.17, 15) is 9.90 Å². The number of fused-ring (bicyclic) bond motifs is 1. The molecule has 29 heavy (non-hydrogen) atoms. The summed E-state index contributed by atoms with van der Waals surface area (Å²) in [6, 6.07) is 13.0. The molecule has 3 aromatic rings. The van der Waals surface area contributed by atoms with E-state index >= 15 is 0 Å². The first-order valence-corrected chi connectivity index (χ1v) is 9.61. The molecule has 0 radical (unpaired) electrons. The summed E-state index contributed by atoms with van der Waals surface area (Å²) >= 11 is 5.95. The van der Waals surface area contributed by atoms with Crippen LogP contribution in [0.1, 0.15) is 0 Å². The van der Waals surface area contributed by atoms with E-state index in [0.717, 1.165) is 31.2 Å². The van der Waals surface area contributed by atoms with Gasteiger partial charge in [0, 0.05) is 49.5 Å². The minimum Gasteiger partial charge on any atom is -0.491 e. The lowest BCUT2D eigenvalue weighted by Gasteiger charge is -2.36. The van der Waals surface area contributed by atoms with Gasteiger partial charge in [-0.05, 0) is 36.4 Å². The molecule has 1 saturated heterocycles. The maximum Gasteiger partial charge on any atom is 0.417 e. The average Bonchev–Trinajstić information content (AvgIpc) is 3.07. The fourth-order valence-electron chi connectivity index (χ4n) is 3.40. The molecule has 2 aromatic carbocycles. The van der Waals surface area contributed by atoms with Crippen LogP contribution in [0.3, 0.4) is 0 Å². The van der Waals surface area contributed by atoms with Gasteiger partial charge in [0.2, 0.25) is 0 Å². The predicted molar refractivity (Wildman–Crippen MR) is 119 cm³/mol. The number of aliphatic hydroxyl groups excluding tert-OH is 1. The summed E-state index contributed by atoms with van der Waals surface area (Å²) in [6.07, 6.45) is -0.601. The molecule has 1 fully saturated rings. The van der Waals surface area contributed by atoms with Gasteiger partial charge in [-0.3, -0.25) is 9.88 Å². The summed E-state index contributed by atoms with van der Waals surface area (Å²) in [6.45, 7) is 4.28. The number of aromatic amines is 1. The molecule has 0 amide bonds. The Morgan fingerprint density at radius 2 is 1.86 bits per heavy atom. The molecule has 4 rings (SSSR count). The number of oxazole rings is 1. The van der Waals surface area contributed by atoms with Crippen molar-refractivity contribution in [3.63, 3.8) is 0 Å². The summed E-state index contributed by atoms with van der Waals surface area (Å²) in [5.41, 5.74) is 2.23. The standard InChI is InChI=1S/C20H22ClN3O4.H2S/c21-14-1-3-15(4-2-14)24-9-7-23(8-10-24)12-16(25)13-27-17-5-6-18-19(11-17)28-20(26)22-18;/h1-6,11,16,25H,7-10,12-13H2,(H,22,26);1H2/t16-;/m0./s1. The number of halogens is 1. The van der Waals surface area contributed by atoms with Crippen molar-refractivity contribution in [3.8, 4) is 5.75 Å². The van der Waals surface area contributed by atoms with Gasteiger partial charge in [-0.15, -0.1) is 0 Å². The molecule has 0 saturated carbocycles. The number of aliphatic hydroxyl groups is 1. The maximum atomic E-state index is 11.2. The second-order valence-electron chi connectivity index (χ2n) is 6.90. The number of benzene rings is 2. The Hall–Kier alpha value is -2.13. The molecule has 2 heterocycles. The summed E-state index contributed by atoms with van der Waals surface area (Å²) in [7, 11) is 0. The summed E-state index contributed by atoms with van der Waals surface area (Å²) in [4.78, 5) is 18.3. The van der Waals surface area contributed by atoms with Crippen LogP contribution in [-0.4, -0.2) is 60.4 Å². The fourth-order valence-corrected chi connectivity index (χ4v) is 3.53. The van der Waals surface area contributed by atoms with Crippen molar-refractivity contribution in [2.75, 3.05) is 44.2 Å². The molecule has 0 spiro atoms. The molecule has 7 nitrogen and oxygen atoms in total.